The molecule has 0 aliphatic carbocycles. The molecule has 3 rings (SSSR count). The summed E-state index contributed by atoms with van der Waals surface area (Å²) in [6, 6.07) is 10.7. The summed E-state index contributed by atoms with van der Waals surface area (Å²) in [4.78, 5) is 24.5. The van der Waals surface area contributed by atoms with Crippen molar-refractivity contribution in [3.8, 4) is 0 Å². The summed E-state index contributed by atoms with van der Waals surface area (Å²) in [7, 11) is 0. The van der Waals surface area contributed by atoms with Crippen molar-refractivity contribution < 1.29 is 4.79 Å². The third kappa shape index (κ3) is 2.79. The Morgan fingerprint density at radius 3 is 2.90 bits per heavy atom. The maximum Gasteiger partial charge on any atom is 0.252 e. The van der Waals surface area contributed by atoms with Crippen LogP contribution in [0, 0.1) is 0 Å². The molecule has 3 aromatic rings. The molecule has 0 fully saturated rings. The minimum absolute atomic E-state index is 0.209. The Morgan fingerprint density at radius 2 is 2.10 bits per heavy atom. The minimum Gasteiger partial charge on any atom is -0.384 e. The molecule has 0 aliphatic rings. The van der Waals surface area contributed by atoms with Gasteiger partial charge in [0.1, 0.15) is 12.1 Å². The number of nitrogens with one attached hydrogen (secondary N) is 1. The van der Waals surface area contributed by atoms with Gasteiger partial charge in [0.2, 0.25) is 0 Å². The monoisotopic (exact) mass is 279 g/mol. The number of rotatable bonds is 3. The summed E-state index contributed by atoms with van der Waals surface area (Å²) in [5.41, 5.74) is 7.70. The lowest BCUT2D eigenvalue weighted by Gasteiger charge is -2.08. The summed E-state index contributed by atoms with van der Waals surface area (Å²) in [5.74, 6) is 0.111. The number of anilines is 1. The number of carbonyl (C=O) groups is 1. The van der Waals surface area contributed by atoms with Crippen LogP contribution in [0.5, 0.6) is 0 Å². The second-order valence-electron chi connectivity index (χ2n) is 4.50. The first kappa shape index (κ1) is 13.0. The van der Waals surface area contributed by atoms with Crippen molar-refractivity contribution in [1.29, 1.82) is 0 Å². The Labute approximate surface area is 121 Å². The van der Waals surface area contributed by atoms with Crippen LogP contribution in [0.25, 0.3) is 10.9 Å². The van der Waals surface area contributed by atoms with E-state index in [0.29, 0.717) is 23.4 Å². The number of hydrogen-bond donors (Lipinski definition) is 2. The van der Waals surface area contributed by atoms with Crippen molar-refractivity contribution in [3.63, 3.8) is 0 Å². The van der Waals surface area contributed by atoms with E-state index in [0.717, 1.165) is 11.1 Å². The summed E-state index contributed by atoms with van der Waals surface area (Å²) >= 11 is 0. The number of amides is 1. The van der Waals surface area contributed by atoms with Crippen LogP contribution < -0.4 is 11.1 Å². The largest absolute Gasteiger partial charge is 0.384 e. The van der Waals surface area contributed by atoms with Crippen LogP contribution in [0.15, 0.2) is 48.9 Å². The maximum absolute atomic E-state index is 12.3. The Morgan fingerprint density at radius 1 is 1.24 bits per heavy atom. The SMILES string of the molecule is Nc1cc(C(=O)NCc2ccncn2)c2ccccc2n1. The van der Waals surface area contributed by atoms with Crippen LogP contribution in [0.1, 0.15) is 16.1 Å². The van der Waals surface area contributed by atoms with Gasteiger partial charge in [-0.15, -0.1) is 0 Å². The van der Waals surface area contributed by atoms with Crippen molar-refractivity contribution in [2.24, 2.45) is 0 Å². The van der Waals surface area contributed by atoms with E-state index in [2.05, 4.69) is 20.3 Å². The van der Waals surface area contributed by atoms with Crippen molar-refractivity contribution in [1.82, 2.24) is 20.3 Å². The molecule has 0 atom stereocenters. The summed E-state index contributed by atoms with van der Waals surface area (Å²) in [5, 5.41) is 3.59. The smallest absolute Gasteiger partial charge is 0.252 e. The number of aromatic nitrogens is 3. The Balaban J connectivity index is 1.88. The van der Waals surface area contributed by atoms with E-state index in [-0.39, 0.29) is 5.91 Å². The molecule has 0 aliphatic heterocycles. The lowest BCUT2D eigenvalue weighted by Crippen LogP contribution is -2.23. The highest BCUT2D eigenvalue weighted by Crippen LogP contribution is 2.19. The van der Waals surface area contributed by atoms with E-state index < -0.39 is 0 Å². The van der Waals surface area contributed by atoms with Crippen molar-refractivity contribution in [3.05, 3.63) is 60.2 Å². The van der Waals surface area contributed by atoms with E-state index in [4.69, 9.17) is 5.73 Å². The fourth-order valence-electron chi connectivity index (χ4n) is 2.07. The van der Waals surface area contributed by atoms with E-state index in [9.17, 15) is 4.79 Å². The fraction of sp³-hybridized carbons (Fsp3) is 0.0667. The highest BCUT2D eigenvalue weighted by atomic mass is 16.1. The van der Waals surface area contributed by atoms with Gasteiger partial charge in [-0.1, -0.05) is 18.2 Å². The van der Waals surface area contributed by atoms with Gasteiger partial charge in [0, 0.05) is 11.6 Å². The molecule has 0 bridgehead atoms. The molecule has 2 aromatic heterocycles. The quantitative estimate of drug-likeness (QED) is 0.758. The van der Waals surface area contributed by atoms with Crippen LogP contribution in [-0.4, -0.2) is 20.9 Å². The lowest BCUT2D eigenvalue weighted by atomic mass is 10.1. The van der Waals surface area contributed by atoms with Crippen molar-refractivity contribution >= 4 is 22.6 Å². The van der Waals surface area contributed by atoms with E-state index in [1.807, 2.05) is 24.3 Å². The van der Waals surface area contributed by atoms with Crippen LogP contribution in [0.2, 0.25) is 0 Å². The zero-order valence-electron chi connectivity index (χ0n) is 11.2. The molecule has 0 saturated heterocycles. The second kappa shape index (κ2) is 5.54. The lowest BCUT2D eigenvalue weighted by molar-refractivity contribution is 0.0952. The molecule has 0 radical (unpaired) electrons. The highest BCUT2D eigenvalue weighted by Gasteiger charge is 2.11. The highest BCUT2D eigenvalue weighted by molar-refractivity contribution is 6.06. The molecule has 1 amide bonds. The molecule has 0 spiro atoms. The van der Waals surface area contributed by atoms with Gasteiger partial charge in [-0.25, -0.2) is 15.0 Å². The van der Waals surface area contributed by atoms with E-state index in [1.165, 1.54) is 6.33 Å². The molecule has 1 aromatic carbocycles. The molecular weight excluding hydrogens is 266 g/mol. The normalized spacial score (nSPS) is 10.5. The van der Waals surface area contributed by atoms with Crippen molar-refractivity contribution in [2.75, 3.05) is 5.73 Å². The van der Waals surface area contributed by atoms with Gasteiger partial charge in [-0.2, -0.15) is 0 Å². The van der Waals surface area contributed by atoms with Crippen LogP contribution >= 0.6 is 0 Å². The molecule has 0 unspecified atom stereocenters. The van der Waals surface area contributed by atoms with Gasteiger partial charge in [-0.3, -0.25) is 4.79 Å². The van der Waals surface area contributed by atoms with Gasteiger partial charge in [0.05, 0.1) is 23.3 Å². The van der Waals surface area contributed by atoms with Gasteiger partial charge in [0.25, 0.3) is 5.91 Å². The number of pyridine rings is 1. The Kier molecular flexibility index (Phi) is 3.42. The molecule has 21 heavy (non-hydrogen) atoms. The average Bonchev–Trinajstić information content (AvgIpc) is 2.52. The second-order valence-corrected chi connectivity index (χ2v) is 4.50. The minimum atomic E-state index is -0.209. The number of nitrogens with zero attached hydrogens (tertiary/aromatic N) is 3. The summed E-state index contributed by atoms with van der Waals surface area (Å²) in [6.07, 6.45) is 3.08. The number of para-hydroxylation sites is 1. The number of nitrogens with two attached hydrogens (primary N) is 1. The van der Waals surface area contributed by atoms with Gasteiger partial charge < -0.3 is 11.1 Å². The Hall–Kier alpha value is -3.02. The number of benzene rings is 1. The fourth-order valence-corrected chi connectivity index (χ4v) is 2.07. The topological polar surface area (TPSA) is 93.8 Å². The summed E-state index contributed by atoms with van der Waals surface area (Å²) < 4.78 is 0. The first-order valence-corrected chi connectivity index (χ1v) is 6.42. The standard InChI is InChI=1S/C15H13N5O/c16-14-7-12(11-3-1-2-4-13(11)20-14)15(21)18-8-10-5-6-17-9-19-10/h1-7,9H,8H2,(H2,16,20)(H,18,21). The molecule has 104 valence electrons. The molecule has 0 saturated carbocycles. The van der Waals surface area contributed by atoms with Crippen LogP contribution in [0.4, 0.5) is 5.82 Å². The zero-order valence-corrected chi connectivity index (χ0v) is 11.2. The molecule has 2 heterocycles. The molecule has 6 heteroatoms. The van der Waals surface area contributed by atoms with Crippen LogP contribution in [-0.2, 0) is 6.54 Å². The first-order valence-electron chi connectivity index (χ1n) is 6.42. The molecule has 6 nitrogen and oxygen atoms in total. The molecule has 3 N–H and O–H groups in total. The third-order valence-electron chi connectivity index (χ3n) is 3.05. The average molecular weight is 279 g/mol. The van der Waals surface area contributed by atoms with Crippen LogP contribution in [0.3, 0.4) is 0 Å². The summed E-state index contributed by atoms with van der Waals surface area (Å²) in [6.45, 7) is 0.331. The van der Waals surface area contributed by atoms with Gasteiger partial charge in [-0.05, 0) is 18.2 Å². The van der Waals surface area contributed by atoms with E-state index >= 15 is 0 Å². The third-order valence-corrected chi connectivity index (χ3v) is 3.05. The first-order chi connectivity index (χ1) is 10.2. The van der Waals surface area contributed by atoms with Crippen molar-refractivity contribution in [2.45, 2.75) is 6.54 Å². The molecular formula is C15H13N5O. The zero-order chi connectivity index (χ0) is 14.7. The number of fused-ring (bicyclic) bond motifs is 1. The maximum atomic E-state index is 12.3. The predicted molar refractivity (Wildman–Crippen MR) is 79.4 cm³/mol. The van der Waals surface area contributed by atoms with Gasteiger partial charge >= 0.3 is 0 Å². The Bertz CT molecular complexity index is 788. The predicted octanol–water partition coefficient (Wildman–Crippen LogP) is 1.54. The number of nitrogen functional groups attached to an aromatic ring is 1. The number of hydrogen-bond acceptors (Lipinski definition) is 5. The van der Waals surface area contributed by atoms with Gasteiger partial charge in [0.15, 0.2) is 0 Å². The number of carbonyl (C=O) groups excluding carboxylic acids is 1. The van der Waals surface area contributed by atoms with E-state index in [1.54, 1.807) is 18.3 Å².